The minimum Gasteiger partial charge on any atom is -0.390 e. The molecule has 0 heterocycles. The van der Waals surface area contributed by atoms with E-state index in [1.807, 2.05) is 20.8 Å². The Hall–Kier alpha value is -0.640. The van der Waals surface area contributed by atoms with Crippen LogP contribution >= 0.6 is 0 Å². The average molecular weight is 228 g/mol. The lowest BCUT2D eigenvalue weighted by Crippen LogP contribution is -2.27. The van der Waals surface area contributed by atoms with Crippen molar-refractivity contribution in [1.29, 1.82) is 0 Å². The summed E-state index contributed by atoms with van der Waals surface area (Å²) in [7, 11) is 0. The Kier molecular flexibility index (Phi) is 8.16. The summed E-state index contributed by atoms with van der Waals surface area (Å²) in [4.78, 5) is 0. The fraction of sp³-hybridized carbons (Fsp3) is 0.692. The van der Waals surface area contributed by atoms with Crippen molar-refractivity contribution in [3.63, 3.8) is 0 Å². The van der Waals surface area contributed by atoms with E-state index in [-0.39, 0.29) is 5.92 Å². The van der Waals surface area contributed by atoms with Crippen LogP contribution in [0.4, 0.5) is 0 Å². The summed E-state index contributed by atoms with van der Waals surface area (Å²) in [6.45, 7) is 15.1. The molecule has 94 valence electrons. The molecule has 0 saturated heterocycles. The van der Waals surface area contributed by atoms with Gasteiger partial charge in [-0.05, 0) is 13.8 Å². The van der Waals surface area contributed by atoms with Crippen molar-refractivity contribution in [3.8, 4) is 0 Å². The van der Waals surface area contributed by atoms with Gasteiger partial charge in [-0.3, -0.25) is 0 Å². The smallest absolute Gasteiger partial charge is 0.0821 e. The Labute approximate surface area is 98.8 Å². The lowest BCUT2D eigenvalue weighted by molar-refractivity contribution is -0.0110. The molecule has 1 N–H and O–H groups in total. The predicted molar refractivity (Wildman–Crippen MR) is 66.4 cm³/mol. The van der Waals surface area contributed by atoms with Gasteiger partial charge in [-0.25, -0.2) is 0 Å². The first-order valence-corrected chi connectivity index (χ1v) is 5.55. The highest BCUT2D eigenvalue weighted by Gasteiger charge is 2.14. The monoisotopic (exact) mass is 228 g/mol. The molecule has 0 rings (SSSR count). The molecule has 0 spiro atoms. The van der Waals surface area contributed by atoms with Crippen molar-refractivity contribution in [2.45, 2.75) is 26.9 Å². The summed E-state index contributed by atoms with van der Waals surface area (Å²) in [5.41, 5.74) is 1.94. The fourth-order valence-electron chi connectivity index (χ4n) is 1.05. The third kappa shape index (κ3) is 8.65. The number of aliphatic hydroxyl groups is 1. The first-order valence-electron chi connectivity index (χ1n) is 5.55. The van der Waals surface area contributed by atoms with Crippen molar-refractivity contribution in [3.05, 3.63) is 24.3 Å². The SMILES string of the molecule is C=C(C)COCC(C)C(O)COCC(=C)C. The first-order chi connectivity index (χ1) is 7.43. The zero-order chi connectivity index (χ0) is 12.6. The van der Waals surface area contributed by atoms with E-state index in [1.54, 1.807) is 0 Å². The van der Waals surface area contributed by atoms with E-state index >= 15 is 0 Å². The van der Waals surface area contributed by atoms with Gasteiger partial charge in [-0.1, -0.05) is 31.2 Å². The van der Waals surface area contributed by atoms with E-state index in [4.69, 9.17) is 9.47 Å². The largest absolute Gasteiger partial charge is 0.390 e. The summed E-state index contributed by atoms with van der Waals surface area (Å²) >= 11 is 0. The van der Waals surface area contributed by atoms with Crippen molar-refractivity contribution < 1.29 is 14.6 Å². The molecule has 0 aliphatic rings. The molecule has 0 aromatic rings. The van der Waals surface area contributed by atoms with E-state index in [0.29, 0.717) is 26.4 Å². The molecule has 0 radical (unpaired) electrons. The van der Waals surface area contributed by atoms with Crippen molar-refractivity contribution in [2.75, 3.05) is 26.4 Å². The van der Waals surface area contributed by atoms with Gasteiger partial charge in [0, 0.05) is 5.92 Å². The quantitative estimate of drug-likeness (QED) is 0.615. The van der Waals surface area contributed by atoms with E-state index in [1.165, 1.54) is 0 Å². The Morgan fingerprint density at radius 3 is 1.94 bits per heavy atom. The van der Waals surface area contributed by atoms with E-state index in [0.717, 1.165) is 11.1 Å². The van der Waals surface area contributed by atoms with Gasteiger partial charge in [0.2, 0.25) is 0 Å². The van der Waals surface area contributed by atoms with Crippen LogP contribution in [0.15, 0.2) is 24.3 Å². The molecule has 0 aromatic carbocycles. The Bertz CT molecular complexity index is 199. The third-order valence-electron chi connectivity index (χ3n) is 2.02. The molecular weight excluding hydrogens is 204 g/mol. The number of rotatable bonds is 9. The van der Waals surface area contributed by atoms with Gasteiger partial charge in [0.25, 0.3) is 0 Å². The summed E-state index contributed by atoms with van der Waals surface area (Å²) in [5.74, 6) is 0.0597. The molecule has 0 amide bonds. The molecule has 0 aromatic heterocycles. The van der Waals surface area contributed by atoms with Crippen LogP contribution in [0.1, 0.15) is 20.8 Å². The second-order valence-corrected chi connectivity index (χ2v) is 4.49. The zero-order valence-electron chi connectivity index (χ0n) is 10.7. The van der Waals surface area contributed by atoms with Crippen molar-refractivity contribution in [2.24, 2.45) is 5.92 Å². The molecule has 3 heteroatoms. The van der Waals surface area contributed by atoms with E-state index in [2.05, 4.69) is 13.2 Å². The van der Waals surface area contributed by atoms with Crippen molar-refractivity contribution in [1.82, 2.24) is 0 Å². The Balaban J connectivity index is 3.60. The minimum absolute atomic E-state index is 0.0597. The second-order valence-electron chi connectivity index (χ2n) is 4.49. The van der Waals surface area contributed by atoms with Gasteiger partial charge < -0.3 is 14.6 Å². The molecule has 16 heavy (non-hydrogen) atoms. The first kappa shape index (κ1) is 15.4. The molecule has 2 atom stereocenters. The Morgan fingerprint density at radius 2 is 1.50 bits per heavy atom. The zero-order valence-corrected chi connectivity index (χ0v) is 10.7. The molecule has 3 nitrogen and oxygen atoms in total. The molecule has 0 fully saturated rings. The van der Waals surface area contributed by atoms with Gasteiger partial charge in [0.1, 0.15) is 0 Å². The van der Waals surface area contributed by atoms with Crippen LogP contribution < -0.4 is 0 Å². The lowest BCUT2D eigenvalue weighted by atomic mass is 10.1. The normalized spacial score (nSPS) is 14.5. The molecule has 0 aliphatic carbocycles. The third-order valence-corrected chi connectivity index (χ3v) is 2.02. The van der Waals surface area contributed by atoms with Crippen LogP contribution in [-0.2, 0) is 9.47 Å². The van der Waals surface area contributed by atoms with Gasteiger partial charge in [-0.2, -0.15) is 0 Å². The maximum absolute atomic E-state index is 9.74. The second kappa shape index (κ2) is 8.50. The van der Waals surface area contributed by atoms with Gasteiger partial charge >= 0.3 is 0 Å². The molecular formula is C13H24O3. The molecule has 0 saturated carbocycles. The lowest BCUT2D eigenvalue weighted by Gasteiger charge is -2.19. The maximum Gasteiger partial charge on any atom is 0.0821 e. The van der Waals surface area contributed by atoms with Gasteiger partial charge in [0.15, 0.2) is 0 Å². The number of ether oxygens (including phenoxy) is 2. The minimum atomic E-state index is -0.496. The van der Waals surface area contributed by atoms with E-state index < -0.39 is 6.10 Å². The Morgan fingerprint density at radius 1 is 1.06 bits per heavy atom. The van der Waals surface area contributed by atoms with Crippen LogP contribution in [0.5, 0.6) is 0 Å². The summed E-state index contributed by atoms with van der Waals surface area (Å²) < 4.78 is 10.7. The number of aliphatic hydroxyl groups excluding tert-OH is 1. The summed E-state index contributed by atoms with van der Waals surface area (Å²) in [6.07, 6.45) is -0.496. The summed E-state index contributed by atoms with van der Waals surface area (Å²) in [5, 5.41) is 9.74. The van der Waals surface area contributed by atoms with Crippen LogP contribution in [0.2, 0.25) is 0 Å². The number of hydrogen-bond acceptors (Lipinski definition) is 3. The summed E-state index contributed by atoms with van der Waals surface area (Å²) in [6, 6.07) is 0. The van der Waals surface area contributed by atoms with Crippen LogP contribution in [-0.4, -0.2) is 37.6 Å². The van der Waals surface area contributed by atoms with E-state index in [9.17, 15) is 5.11 Å². The van der Waals surface area contributed by atoms with Crippen LogP contribution in [0.25, 0.3) is 0 Å². The predicted octanol–water partition coefficient (Wildman–Crippen LogP) is 2.17. The number of hydrogen-bond donors (Lipinski definition) is 1. The highest BCUT2D eigenvalue weighted by molar-refractivity contribution is 4.88. The highest BCUT2D eigenvalue weighted by Crippen LogP contribution is 2.05. The molecule has 2 unspecified atom stereocenters. The fourth-order valence-corrected chi connectivity index (χ4v) is 1.05. The molecule has 0 bridgehead atoms. The van der Waals surface area contributed by atoms with Gasteiger partial charge in [-0.15, -0.1) is 0 Å². The van der Waals surface area contributed by atoms with Crippen LogP contribution in [0, 0.1) is 5.92 Å². The maximum atomic E-state index is 9.74. The average Bonchev–Trinajstić information content (AvgIpc) is 2.16. The topological polar surface area (TPSA) is 38.7 Å². The highest BCUT2D eigenvalue weighted by atomic mass is 16.5. The van der Waals surface area contributed by atoms with Crippen molar-refractivity contribution >= 4 is 0 Å². The standard InChI is InChI=1S/C13H24O3/c1-10(2)6-15-8-12(5)13(14)9-16-7-11(3)4/h12-14H,1,3,6-9H2,2,4-5H3. The van der Waals surface area contributed by atoms with Gasteiger partial charge in [0.05, 0.1) is 32.5 Å². The van der Waals surface area contributed by atoms with Crippen LogP contribution in [0.3, 0.4) is 0 Å². The molecule has 0 aliphatic heterocycles.